The highest BCUT2D eigenvalue weighted by Crippen LogP contribution is 2.16. The topological polar surface area (TPSA) is 43.1 Å². The molecule has 2 N–H and O–H groups in total. The summed E-state index contributed by atoms with van der Waals surface area (Å²) in [6.45, 7) is 2.30. The van der Waals surface area contributed by atoms with Crippen LogP contribution in [0, 0.1) is 0 Å². The molecule has 0 saturated heterocycles. The second kappa shape index (κ2) is 36.2. The Morgan fingerprint density at radius 3 is 0.850 bits per heavy atom. The lowest BCUT2D eigenvalue weighted by molar-refractivity contribution is -0.118. The molecule has 1 amide bonds. The number of carbonyl (C=O) groups excluding carboxylic acids is 1. The molecule has 0 aliphatic rings. The molecule has 2 heteroatoms. The summed E-state index contributed by atoms with van der Waals surface area (Å²) in [4.78, 5) is 10.7. The molecule has 0 heterocycles. The van der Waals surface area contributed by atoms with E-state index in [1.807, 2.05) is 0 Å². The van der Waals surface area contributed by atoms with Gasteiger partial charge in [-0.25, -0.2) is 0 Å². The van der Waals surface area contributed by atoms with E-state index in [1.54, 1.807) is 0 Å². The van der Waals surface area contributed by atoms with Gasteiger partial charge in [0.15, 0.2) is 0 Å². The van der Waals surface area contributed by atoms with E-state index in [0.29, 0.717) is 6.42 Å². The summed E-state index contributed by atoms with van der Waals surface area (Å²) in [6, 6.07) is 0. The molecule has 0 aromatic heterocycles. The van der Waals surface area contributed by atoms with Crippen molar-refractivity contribution in [3.63, 3.8) is 0 Å². The van der Waals surface area contributed by atoms with Crippen molar-refractivity contribution in [2.45, 2.75) is 225 Å². The summed E-state index contributed by atoms with van der Waals surface area (Å²) in [7, 11) is 0. The summed E-state index contributed by atoms with van der Waals surface area (Å²) >= 11 is 0. The van der Waals surface area contributed by atoms with Crippen molar-refractivity contribution >= 4 is 5.91 Å². The number of amides is 1. The Morgan fingerprint density at radius 2 is 0.600 bits per heavy atom. The van der Waals surface area contributed by atoms with Gasteiger partial charge in [0.25, 0.3) is 0 Å². The highest BCUT2D eigenvalue weighted by molar-refractivity contribution is 5.73. The van der Waals surface area contributed by atoms with E-state index in [-0.39, 0.29) is 5.91 Å². The third-order valence-corrected chi connectivity index (χ3v) is 8.68. The van der Waals surface area contributed by atoms with Gasteiger partial charge in [0.2, 0.25) is 5.91 Å². The maximum atomic E-state index is 10.7. The molecule has 0 unspecified atom stereocenters. The maximum absolute atomic E-state index is 10.7. The Kier molecular flexibility index (Phi) is 35.5. The second-order valence-electron chi connectivity index (χ2n) is 12.9. The van der Waals surface area contributed by atoms with Crippen LogP contribution in [0.5, 0.6) is 0 Å². The maximum Gasteiger partial charge on any atom is 0.217 e. The van der Waals surface area contributed by atoms with Gasteiger partial charge in [-0.1, -0.05) is 199 Å². The standard InChI is InChI=1S/C38H75NO/c1-2-3-4-5-6-7-8-9-10-11-12-13-14-15-16-17-18-19-20-21-22-23-24-25-26-27-28-29-30-31-32-33-34-35-36-37-38(39)40/h29-30H,2-28,31-37H2,1H3,(H2,39,40). The Bertz CT molecular complexity index is 500. The largest absolute Gasteiger partial charge is 0.370 e. The van der Waals surface area contributed by atoms with Gasteiger partial charge in [0.05, 0.1) is 0 Å². The summed E-state index contributed by atoms with van der Waals surface area (Å²) in [5.74, 6) is -0.158. The molecule has 238 valence electrons. The Hall–Kier alpha value is -0.790. The zero-order valence-electron chi connectivity index (χ0n) is 27.7. The Morgan fingerprint density at radius 1 is 0.375 bits per heavy atom. The van der Waals surface area contributed by atoms with Crippen molar-refractivity contribution in [1.29, 1.82) is 0 Å². The summed E-state index contributed by atoms with van der Waals surface area (Å²) in [6.07, 6.45) is 51.7. The number of nitrogens with two attached hydrogens (primary N) is 1. The van der Waals surface area contributed by atoms with Crippen molar-refractivity contribution in [3.05, 3.63) is 12.2 Å². The molecule has 0 fully saturated rings. The van der Waals surface area contributed by atoms with Gasteiger partial charge in [0, 0.05) is 6.42 Å². The van der Waals surface area contributed by atoms with Crippen molar-refractivity contribution in [1.82, 2.24) is 0 Å². The molecule has 0 aromatic rings. The molecule has 0 radical (unpaired) electrons. The van der Waals surface area contributed by atoms with Crippen LogP contribution < -0.4 is 5.73 Å². The van der Waals surface area contributed by atoms with E-state index in [4.69, 9.17) is 5.73 Å². The van der Waals surface area contributed by atoms with Gasteiger partial charge in [-0.2, -0.15) is 0 Å². The van der Waals surface area contributed by atoms with Gasteiger partial charge in [0.1, 0.15) is 0 Å². The Labute approximate surface area is 253 Å². The highest BCUT2D eigenvalue weighted by Gasteiger charge is 1.97. The molecule has 0 aliphatic carbocycles. The van der Waals surface area contributed by atoms with Crippen LogP contribution in [0.3, 0.4) is 0 Å². The molecule has 0 aliphatic heterocycles. The minimum atomic E-state index is -0.158. The number of allylic oxidation sites excluding steroid dienone is 2. The van der Waals surface area contributed by atoms with Gasteiger partial charge < -0.3 is 5.73 Å². The lowest BCUT2D eigenvalue weighted by atomic mass is 10.0. The lowest BCUT2D eigenvalue weighted by Crippen LogP contribution is -2.09. The van der Waals surface area contributed by atoms with Crippen LogP contribution in [0.4, 0.5) is 0 Å². The number of primary amides is 1. The summed E-state index contributed by atoms with van der Waals surface area (Å²) in [5.41, 5.74) is 5.16. The van der Waals surface area contributed by atoms with Crippen LogP contribution in [0.15, 0.2) is 12.2 Å². The molecule has 0 spiro atoms. The minimum absolute atomic E-state index is 0.158. The van der Waals surface area contributed by atoms with Crippen LogP contribution >= 0.6 is 0 Å². The van der Waals surface area contributed by atoms with E-state index in [2.05, 4.69) is 19.1 Å². The molecule has 0 aromatic carbocycles. The third-order valence-electron chi connectivity index (χ3n) is 8.68. The highest BCUT2D eigenvalue weighted by atomic mass is 16.1. The van der Waals surface area contributed by atoms with Gasteiger partial charge in [-0.3, -0.25) is 4.79 Å². The first-order valence-corrected chi connectivity index (χ1v) is 18.7. The van der Waals surface area contributed by atoms with E-state index in [1.165, 1.54) is 199 Å². The molecular weight excluding hydrogens is 486 g/mol. The summed E-state index contributed by atoms with van der Waals surface area (Å²) < 4.78 is 0. The fourth-order valence-electron chi connectivity index (χ4n) is 5.91. The van der Waals surface area contributed by atoms with Crippen LogP contribution in [0.25, 0.3) is 0 Å². The smallest absolute Gasteiger partial charge is 0.217 e. The zero-order valence-corrected chi connectivity index (χ0v) is 27.7. The number of carbonyl (C=O) groups is 1. The predicted octanol–water partition coefficient (Wildman–Crippen LogP) is 13.3. The zero-order chi connectivity index (χ0) is 29.0. The quantitative estimate of drug-likeness (QED) is 0.0606. The van der Waals surface area contributed by atoms with Crippen LogP contribution in [0.2, 0.25) is 0 Å². The number of unbranched alkanes of at least 4 members (excludes halogenated alkanes) is 31. The van der Waals surface area contributed by atoms with Crippen molar-refractivity contribution in [3.8, 4) is 0 Å². The van der Waals surface area contributed by atoms with E-state index < -0.39 is 0 Å². The summed E-state index contributed by atoms with van der Waals surface area (Å²) in [5, 5.41) is 0. The monoisotopic (exact) mass is 562 g/mol. The van der Waals surface area contributed by atoms with E-state index in [0.717, 1.165) is 12.8 Å². The molecule has 0 atom stereocenters. The van der Waals surface area contributed by atoms with Gasteiger partial charge in [-0.15, -0.1) is 0 Å². The minimum Gasteiger partial charge on any atom is -0.370 e. The average molecular weight is 562 g/mol. The number of hydrogen-bond donors (Lipinski definition) is 1. The van der Waals surface area contributed by atoms with Crippen LogP contribution in [0.1, 0.15) is 225 Å². The average Bonchev–Trinajstić information content (AvgIpc) is 2.95. The molecule has 0 bridgehead atoms. The van der Waals surface area contributed by atoms with Crippen molar-refractivity contribution in [2.75, 3.05) is 0 Å². The molecule has 40 heavy (non-hydrogen) atoms. The SMILES string of the molecule is CCCCCCCCCCCCCCCCCCCCCCCCCCCCC=CCCCCCCCC(N)=O. The molecule has 0 rings (SSSR count). The fraction of sp³-hybridized carbons (Fsp3) is 0.921. The predicted molar refractivity (Wildman–Crippen MR) is 181 cm³/mol. The first-order valence-electron chi connectivity index (χ1n) is 18.7. The molecule has 0 saturated carbocycles. The Balaban J connectivity index is 3.07. The lowest BCUT2D eigenvalue weighted by Gasteiger charge is -2.04. The first kappa shape index (κ1) is 39.2. The van der Waals surface area contributed by atoms with E-state index >= 15 is 0 Å². The normalized spacial score (nSPS) is 11.6. The number of hydrogen-bond acceptors (Lipinski definition) is 1. The molecular formula is C38H75NO. The third kappa shape index (κ3) is 37.2. The van der Waals surface area contributed by atoms with Crippen molar-refractivity contribution in [2.24, 2.45) is 5.73 Å². The first-order chi connectivity index (χ1) is 19.8. The second-order valence-corrected chi connectivity index (χ2v) is 12.9. The van der Waals surface area contributed by atoms with Crippen molar-refractivity contribution < 1.29 is 4.79 Å². The number of rotatable bonds is 35. The van der Waals surface area contributed by atoms with Gasteiger partial charge in [-0.05, 0) is 32.1 Å². The van der Waals surface area contributed by atoms with E-state index in [9.17, 15) is 4.79 Å². The fourth-order valence-corrected chi connectivity index (χ4v) is 5.91. The van der Waals surface area contributed by atoms with Crippen LogP contribution in [-0.4, -0.2) is 5.91 Å². The van der Waals surface area contributed by atoms with Crippen LogP contribution in [-0.2, 0) is 4.79 Å². The van der Waals surface area contributed by atoms with Gasteiger partial charge >= 0.3 is 0 Å². The molecule has 2 nitrogen and oxygen atoms in total.